The highest BCUT2D eigenvalue weighted by Gasteiger charge is 2.50. The van der Waals surface area contributed by atoms with E-state index in [1.165, 1.54) is 6.07 Å². The van der Waals surface area contributed by atoms with E-state index in [1.54, 1.807) is 41.4 Å². The maximum absolute atomic E-state index is 14.4. The van der Waals surface area contributed by atoms with Crippen LogP contribution in [0.4, 0.5) is 4.39 Å². The summed E-state index contributed by atoms with van der Waals surface area (Å²) in [6.07, 6.45) is 4.60. The van der Waals surface area contributed by atoms with Crippen LogP contribution in [0, 0.1) is 12.7 Å². The molecule has 5 nitrogen and oxygen atoms in total. The molecule has 2 amide bonds. The fourth-order valence-electron chi connectivity index (χ4n) is 4.30. The molecule has 1 aliphatic heterocycles. The lowest BCUT2D eigenvalue weighted by Gasteiger charge is -2.43. The number of amides is 2. The van der Waals surface area contributed by atoms with Gasteiger partial charge < -0.3 is 10.2 Å². The quantitative estimate of drug-likeness (QED) is 0.886. The number of aromatic nitrogens is 1. The molecule has 4 rings (SSSR count). The number of benzene rings is 1. The molecule has 28 heavy (non-hydrogen) atoms. The SMILES string of the molecule is Cc1cc(C(=O)N[C@@H]2CCN(C(=O)C3(c4ccccc4F)CCC3)C2)ccn1. The van der Waals surface area contributed by atoms with Gasteiger partial charge in [0.25, 0.3) is 5.91 Å². The molecule has 0 spiro atoms. The first-order valence-electron chi connectivity index (χ1n) is 9.77. The fourth-order valence-corrected chi connectivity index (χ4v) is 4.30. The number of halogens is 1. The van der Waals surface area contributed by atoms with Crippen molar-refractivity contribution < 1.29 is 14.0 Å². The van der Waals surface area contributed by atoms with Crippen LogP contribution in [0.25, 0.3) is 0 Å². The molecule has 1 aromatic carbocycles. The Morgan fingerprint density at radius 1 is 1.25 bits per heavy atom. The van der Waals surface area contributed by atoms with E-state index < -0.39 is 5.41 Å². The van der Waals surface area contributed by atoms with E-state index in [4.69, 9.17) is 0 Å². The van der Waals surface area contributed by atoms with Crippen molar-refractivity contribution in [1.29, 1.82) is 0 Å². The first-order chi connectivity index (χ1) is 13.5. The number of nitrogens with zero attached hydrogens (tertiary/aromatic N) is 2. The average Bonchev–Trinajstić information content (AvgIpc) is 3.10. The second kappa shape index (κ2) is 7.34. The van der Waals surface area contributed by atoms with E-state index in [-0.39, 0.29) is 23.7 Å². The van der Waals surface area contributed by atoms with Crippen molar-refractivity contribution in [2.75, 3.05) is 13.1 Å². The molecule has 2 fully saturated rings. The first kappa shape index (κ1) is 18.6. The van der Waals surface area contributed by atoms with Gasteiger partial charge in [0.2, 0.25) is 5.91 Å². The lowest BCUT2D eigenvalue weighted by Crippen LogP contribution is -2.51. The molecule has 0 unspecified atom stereocenters. The molecule has 6 heteroatoms. The molecule has 2 aromatic rings. The van der Waals surface area contributed by atoms with Gasteiger partial charge in [-0.3, -0.25) is 14.6 Å². The second-order valence-corrected chi connectivity index (χ2v) is 7.81. The van der Waals surface area contributed by atoms with E-state index in [9.17, 15) is 14.0 Å². The van der Waals surface area contributed by atoms with Gasteiger partial charge in [0.1, 0.15) is 5.82 Å². The minimum Gasteiger partial charge on any atom is -0.347 e. The molecule has 1 aromatic heterocycles. The Morgan fingerprint density at radius 2 is 2.04 bits per heavy atom. The van der Waals surface area contributed by atoms with Crippen molar-refractivity contribution in [1.82, 2.24) is 15.2 Å². The topological polar surface area (TPSA) is 62.3 Å². The van der Waals surface area contributed by atoms with E-state index in [2.05, 4.69) is 10.3 Å². The van der Waals surface area contributed by atoms with Crippen molar-refractivity contribution in [3.05, 3.63) is 65.2 Å². The molecule has 1 N–H and O–H groups in total. The monoisotopic (exact) mass is 381 g/mol. The summed E-state index contributed by atoms with van der Waals surface area (Å²) in [4.78, 5) is 31.6. The number of aryl methyl sites for hydroxylation is 1. The molecular weight excluding hydrogens is 357 g/mol. The summed E-state index contributed by atoms with van der Waals surface area (Å²) in [5, 5.41) is 3.01. The van der Waals surface area contributed by atoms with Gasteiger partial charge in [-0.1, -0.05) is 24.6 Å². The van der Waals surface area contributed by atoms with Crippen molar-refractivity contribution in [3.8, 4) is 0 Å². The van der Waals surface area contributed by atoms with Gasteiger partial charge in [0.05, 0.1) is 5.41 Å². The van der Waals surface area contributed by atoms with Crippen LogP contribution < -0.4 is 5.32 Å². The molecular formula is C22H24FN3O2. The Morgan fingerprint density at radius 3 is 2.71 bits per heavy atom. The summed E-state index contributed by atoms with van der Waals surface area (Å²) in [6.45, 7) is 2.88. The van der Waals surface area contributed by atoms with Crippen LogP contribution in [-0.4, -0.2) is 40.8 Å². The van der Waals surface area contributed by atoms with E-state index in [0.29, 0.717) is 43.5 Å². The van der Waals surface area contributed by atoms with Gasteiger partial charge in [-0.2, -0.15) is 0 Å². The minimum atomic E-state index is -0.744. The largest absolute Gasteiger partial charge is 0.347 e. The molecule has 2 heterocycles. The van der Waals surface area contributed by atoms with Crippen LogP contribution in [0.15, 0.2) is 42.6 Å². The van der Waals surface area contributed by atoms with Crippen LogP contribution in [-0.2, 0) is 10.2 Å². The summed E-state index contributed by atoms with van der Waals surface area (Å²) in [5.41, 5.74) is 1.12. The van der Waals surface area contributed by atoms with Crippen molar-refractivity contribution >= 4 is 11.8 Å². The summed E-state index contributed by atoms with van der Waals surface area (Å²) >= 11 is 0. The third-order valence-electron chi connectivity index (χ3n) is 5.98. The maximum atomic E-state index is 14.4. The third kappa shape index (κ3) is 3.28. The number of carbonyl (C=O) groups is 2. The minimum absolute atomic E-state index is 0.0136. The predicted octanol–water partition coefficient (Wildman–Crippen LogP) is 2.98. The highest BCUT2D eigenvalue weighted by molar-refractivity contribution is 5.94. The Balaban J connectivity index is 1.44. The molecule has 0 radical (unpaired) electrons. The molecule has 2 aliphatic rings. The van der Waals surface area contributed by atoms with E-state index in [0.717, 1.165) is 12.1 Å². The Kier molecular flexibility index (Phi) is 4.87. The van der Waals surface area contributed by atoms with Crippen molar-refractivity contribution in [2.45, 2.75) is 44.1 Å². The number of likely N-dealkylation sites (tertiary alicyclic amines) is 1. The standard InChI is InChI=1S/C22H24FN3O2/c1-15-13-16(7-11-24-15)20(27)25-17-8-12-26(14-17)21(28)22(9-4-10-22)18-5-2-3-6-19(18)23/h2-3,5-7,11,13,17H,4,8-10,12,14H2,1H3,(H,25,27)/t17-/m1/s1. The van der Waals surface area contributed by atoms with Crippen LogP contribution in [0.1, 0.15) is 47.3 Å². The van der Waals surface area contributed by atoms with Gasteiger partial charge in [-0.05, 0) is 44.4 Å². The number of carbonyl (C=O) groups excluding carboxylic acids is 2. The summed E-state index contributed by atoms with van der Waals surface area (Å²) in [5.74, 6) is -0.481. The smallest absolute Gasteiger partial charge is 0.251 e. The van der Waals surface area contributed by atoms with Gasteiger partial charge in [-0.25, -0.2) is 4.39 Å². The number of nitrogens with one attached hydrogen (secondary N) is 1. The van der Waals surface area contributed by atoms with Crippen LogP contribution in [0.2, 0.25) is 0 Å². The summed E-state index contributed by atoms with van der Waals surface area (Å²) < 4.78 is 14.4. The van der Waals surface area contributed by atoms with Crippen LogP contribution >= 0.6 is 0 Å². The molecule has 1 saturated heterocycles. The average molecular weight is 381 g/mol. The number of hydrogen-bond acceptors (Lipinski definition) is 3. The highest BCUT2D eigenvalue weighted by atomic mass is 19.1. The molecule has 1 saturated carbocycles. The zero-order valence-corrected chi connectivity index (χ0v) is 16.0. The highest BCUT2D eigenvalue weighted by Crippen LogP contribution is 2.46. The first-order valence-corrected chi connectivity index (χ1v) is 9.77. The zero-order valence-electron chi connectivity index (χ0n) is 16.0. The summed E-state index contributed by atoms with van der Waals surface area (Å²) in [6, 6.07) is 9.92. The van der Waals surface area contributed by atoms with Crippen molar-refractivity contribution in [2.24, 2.45) is 0 Å². The number of rotatable bonds is 4. The Labute approximate surface area is 164 Å². The molecule has 1 aliphatic carbocycles. The van der Waals surface area contributed by atoms with Gasteiger partial charge in [0, 0.05) is 42.1 Å². The maximum Gasteiger partial charge on any atom is 0.251 e. The normalized spacial score (nSPS) is 20.5. The zero-order chi connectivity index (χ0) is 19.7. The number of hydrogen-bond donors (Lipinski definition) is 1. The lowest BCUT2D eigenvalue weighted by atomic mass is 9.63. The van der Waals surface area contributed by atoms with Crippen LogP contribution in [0.5, 0.6) is 0 Å². The Hall–Kier alpha value is -2.76. The fraction of sp³-hybridized carbons (Fsp3) is 0.409. The van der Waals surface area contributed by atoms with Gasteiger partial charge in [0.15, 0.2) is 0 Å². The van der Waals surface area contributed by atoms with E-state index >= 15 is 0 Å². The molecule has 146 valence electrons. The van der Waals surface area contributed by atoms with E-state index in [1.807, 2.05) is 6.92 Å². The van der Waals surface area contributed by atoms with Crippen LogP contribution in [0.3, 0.4) is 0 Å². The second-order valence-electron chi connectivity index (χ2n) is 7.81. The Bertz CT molecular complexity index is 910. The third-order valence-corrected chi connectivity index (χ3v) is 5.98. The number of pyridine rings is 1. The van der Waals surface area contributed by atoms with Gasteiger partial charge >= 0.3 is 0 Å². The summed E-state index contributed by atoms with van der Waals surface area (Å²) in [7, 11) is 0. The predicted molar refractivity (Wildman–Crippen MR) is 103 cm³/mol. The molecule has 0 bridgehead atoms. The van der Waals surface area contributed by atoms with Gasteiger partial charge in [-0.15, -0.1) is 0 Å². The lowest BCUT2D eigenvalue weighted by molar-refractivity contribution is -0.140. The molecule has 1 atom stereocenters. The van der Waals surface area contributed by atoms with Crippen molar-refractivity contribution in [3.63, 3.8) is 0 Å².